The molecule has 0 unspecified atom stereocenters. The fourth-order valence-corrected chi connectivity index (χ4v) is 7.28. The molecule has 4 aromatic rings. The molecule has 0 spiro atoms. The minimum Gasteiger partial charge on any atom is -0.355 e. The first kappa shape index (κ1) is 28.1. The third kappa shape index (κ3) is 4.56. The average molecular weight is 537 g/mol. The molecule has 0 saturated carbocycles. The maximum absolute atomic E-state index is 3.87. The quantitative estimate of drug-likeness (QED) is 0.213. The van der Waals surface area contributed by atoms with Crippen LogP contribution in [0.1, 0.15) is 123 Å². The molecule has 4 nitrogen and oxygen atoms in total. The van der Waals surface area contributed by atoms with Crippen LogP contribution in [0.5, 0.6) is 0 Å². The van der Waals surface area contributed by atoms with Gasteiger partial charge in [-0.3, -0.25) is 0 Å². The van der Waals surface area contributed by atoms with Gasteiger partial charge in [-0.25, -0.2) is 0 Å². The summed E-state index contributed by atoms with van der Waals surface area (Å²) in [5.41, 5.74) is 16.4. The van der Waals surface area contributed by atoms with E-state index in [1.165, 1.54) is 88.7 Å². The van der Waals surface area contributed by atoms with Crippen LogP contribution in [0.2, 0.25) is 0 Å². The Kier molecular flexibility index (Phi) is 8.16. The van der Waals surface area contributed by atoms with Gasteiger partial charge in [-0.15, -0.1) is 0 Å². The SMILES string of the molecule is CCc1c2[nH]c(c1CC)/C=c1\[nH]/c(c(CC)c1CC)=C\c1[nH]c(c(CC)c1CC)/C=c1\[nH]/c(c(CC)c1CC)=C\2. The van der Waals surface area contributed by atoms with Crippen LogP contribution in [-0.2, 0) is 51.4 Å². The normalized spacial score (nSPS) is 16.0. The number of aromatic nitrogens is 4. The van der Waals surface area contributed by atoms with Crippen molar-refractivity contribution in [2.45, 2.75) is 107 Å². The van der Waals surface area contributed by atoms with E-state index in [2.05, 4.69) is 99.6 Å². The van der Waals surface area contributed by atoms with Crippen LogP contribution >= 0.6 is 0 Å². The molecule has 1 aliphatic heterocycles. The molecule has 212 valence electrons. The summed E-state index contributed by atoms with van der Waals surface area (Å²) < 4.78 is 0. The standard InChI is InChI=1S/C36H48N4/c1-9-21-22(10-2)30-18-32-25(13-5)26(14-6)34(39-32)20-36-28(16-8)27(15-7)35(40-36)19-33-24(12-4)23(11-3)31(38-33)17-29(21)37-30/h17-20,37-40H,9-16H2,1-8H3/b29-17-,30-18-,31-17?,32-18?,33-19?,34-20?,35-19-,36-20-. The van der Waals surface area contributed by atoms with E-state index in [4.69, 9.17) is 0 Å². The van der Waals surface area contributed by atoms with Crippen molar-refractivity contribution in [2.75, 3.05) is 0 Å². The van der Waals surface area contributed by atoms with E-state index in [1.807, 2.05) is 0 Å². The highest BCUT2D eigenvalue weighted by Gasteiger charge is 2.17. The lowest BCUT2D eigenvalue weighted by Gasteiger charge is -2.02. The van der Waals surface area contributed by atoms with E-state index >= 15 is 0 Å². The van der Waals surface area contributed by atoms with Crippen molar-refractivity contribution < 1.29 is 0 Å². The zero-order valence-corrected chi connectivity index (χ0v) is 26.0. The zero-order chi connectivity index (χ0) is 28.6. The van der Waals surface area contributed by atoms with E-state index < -0.39 is 0 Å². The van der Waals surface area contributed by atoms with Crippen molar-refractivity contribution in [3.05, 3.63) is 88.7 Å². The van der Waals surface area contributed by atoms with E-state index in [9.17, 15) is 0 Å². The first-order chi connectivity index (χ1) is 19.5. The number of fused-ring (bicyclic) bond motifs is 8. The van der Waals surface area contributed by atoms with Gasteiger partial charge in [-0.2, -0.15) is 0 Å². The highest BCUT2D eigenvalue weighted by Crippen LogP contribution is 2.24. The van der Waals surface area contributed by atoms with Gasteiger partial charge in [0.1, 0.15) is 0 Å². The predicted molar refractivity (Wildman–Crippen MR) is 171 cm³/mol. The monoisotopic (exact) mass is 536 g/mol. The number of nitrogens with one attached hydrogen (secondary N) is 4. The summed E-state index contributed by atoms with van der Waals surface area (Å²) in [6.45, 7) is 18.3. The fourth-order valence-electron chi connectivity index (χ4n) is 7.28. The molecule has 0 saturated heterocycles. The van der Waals surface area contributed by atoms with Gasteiger partial charge in [0.05, 0.1) is 0 Å². The van der Waals surface area contributed by atoms with Crippen molar-refractivity contribution in [3.63, 3.8) is 0 Å². The van der Waals surface area contributed by atoms with Crippen LogP contribution in [-0.4, -0.2) is 19.9 Å². The number of rotatable bonds is 8. The van der Waals surface area contributed by atoms with Gasteiger partial charge >= 0.3 is 0 Å². The summed E-state index contributed by atoms with van der Waals surface area (Å²) in [6.07, 6.45) is 17.6. The van der Waals surface area contributed by atoms with E-state index in [0.717, 1.165) is 51.4 Å². The third-order valence-corrected chi connectivity index (χ3v) is 9.12. The molecule has 0 fully saturated rings. The lowest BCUT2D eigenvalue weighted by molar-refractivity contribution is 1.03. The van der Waals surface area contributed by atoms with Gasteiger partial charge in [-0.05, 0) is 120 Å². The summed E-state index contributed by atoms with van der Waals surface area (Å²) in [7, 11) is 0. The molecular weight excluding hydrogens is 488 g/mol. The number of hydrogen-bond acceptors (Lipinski definition) is 0. The topological polar surface area (TPSA) is 63.2 Å². The van der Waals surface area contributed by atoms with Crippen molar-refractivity contribution in [1.82, 2.24) is 19.9 Å². The van der Waals surface area contributed by atoms with Crippen LogP contribution in [0.4, 0.5) is 0 Å². The van der Waals surface area contributed by atoms with E-state index in [0.29, 0.717) is 0 Å². The van der Waals surface area contributed by atoms with Gasteiger partial charge in [0, 0.05) is 44.2 Å². The van der Waals surface area contributed by atoms with Crippen LogP contribution < -0.4 is 21.4 Å². The maximum atomic E-state index is 3.87. The Morgan fingerprint density at radius 2 is 0.500 bits per heavy atom. The number of hydrogen-bond donors (Lipinski definition) is 4. The first-order valence-electron chi connectivity index (χ1n) is 15.8. The lowest BCUT2D eigenvalue weighted by atomic mass is 10.0. The van der Waals surface area contributed by atoms with Crippen LogP contribution in [0.25, 0.3) is 24.3 Å². The Bertz CT molecular complexity index is 1520. The predicted octanol–water partition coefficient (Wildman–Crippen LogP) is 5.13. The van der Waals surface area contributed by atoms with Crippen molar-refractivity contribution >= 4 is 24.3 Å². The summed E-state index contributed by atoms with van der Waals surface area (Å²) in [5, 5.41) is 4.94. The molecule has 0 radical (unpaired) electrons. The minimum atomic E-state index is 1.01. The Morgan fingerprint density at radius 1 is 0.300 bits per heavy atom. The molecule has 4 aromatic heterocycles. The van der Waals surface area contributed by atoms with Gasteiger partial charge < -0.3 is 19.9 Å². The molecule has 0 aromatic carbocycles. The number of H-pyrrole nitrogens is 4. The molecule has 0 aliphatic carbocycles. The van der Waals surface area contributed by atoms with Crippen LogP contribution in [0, 0.1) is 0 Å². The molecule has 5 rings (SSSR count). The Morgan fingerprint density at radius 3 is 0.675 bits per heavy atom. The second-order valence-electron chi connectivity index (χ2n) is 11.0. The second-order valence-corrected chi connectivity index (χ2v) is 11.0. The van der Waals surface area contributed by atoms with Crippen molar-refractivity contribution in [2.24, 2.45) is 0 Å². The first-order valence-corrected chi connectivity index (χ1v) is 15.8. The number of aromatic amines is 4. The van der Waals surface area contributed by atoms with Crippen molar-refractivity contribution in [1.29, 1.82) is 0 Å². The fraction of sp³-hybridized carbons (Fsp3) is 0.444. The molecule has 0 atom stereocenters. The smallest absolute Gasteiger partial charge is 0.0441 e. The van der Waals surface area contributed by atoms with Gasteiger partial charge in [0.15, 0.2) is 0 Å². The summed E-state index contributed by atoms with van der Waals surface area (Å²) in [6, 6.07) is 0. The van der Waals surface area contributed by atoms with Gasteiger partial charge in [0.25, 0.3) is 0 Å². The molecule has 4 heteroatoms. The van der Waals surface area contributed by atoms with Gasteiger partial charge in [0.2, 0.25) is 0 Å². The molecule has 40 heavy (non-hydrogen) atoms. The molecule has 8 bridgehead atoms. The molecule has 0 amide bonds. The Balaban J connectivity index is 2.00. The van der Waals surface area contributed by atoms with Crippen LogP contribution in [0.15, 0.2) is 0 Å². The highest BCUT2D eigenvalue weighted by molar-refractivity contribution is 5.65. The van der Waals surface area contributed by atoms with Gasteiger partial charge in [-0.1, -0.05) is 55.4 Å². The molecular formula is C36H48N4. The Labute approximate surface area is 239 Å². The van der Waals surface area contributed by atoms with E-state index in [1.54, 1.807) is 0 Å². The Hall–Kier alpha value is -3.40. The largest absolute Gasteiger partial charge is 0.355 e. The summed E-state index contributed by atoms with van der Waals surface area (Å²) in [4.78, 5) is 15.5. The molecule has 4 N–H and O–H groups in total. The minimum absolute atomic E-state index is 1.01. The van der Waals surface area contributed by atoms with Crippen LogP contribution in [0.3, 0.4) is 0 Å². The molecule has 1 aliphatic rings. The lowest BCUT2D eigenvalue weighted by Crippen LogP contribution is -2.13. The molecule has 5 heterocycles. The average Bonchev–Trinajstić information content (AvgIpc) is 3.67. The highest BCUT2D eigenvalue weighted by atomic mass is 14.8. The summed E-state index contributed by atoms with van der Waals surface area (Å²) in [5.74, 6) is 0. The van der Waals surface area contributed by atoms with Crippen molar-refractivity contribution in [3.8, 4) is 0 Å². The maximum Gasteiger partial charge on any atom is 0.0441 e. The van der Waals surface area contributed by atoms with E-state index in [-0.39, 0.29) is 0 Å². The summed E-state index contributed by atoms with van der Waals surface area (Å²) >= 11 is 0. The second kappa shape index (κ2) is 11.6. The zero-order valence-electron chi connectivity index (χ0n) is 26.0. The third-order valence-electron chi connectivity index (χ3n) is 9.12.